The van der Waals surface area contributed by atoms with Gasteiger partial charge in [-0.3, -0.25) is 0 Å². The minimum absolute atomic E-state index is 0.0549. The van der Waals surface area contributed by atoms with Crippen molar-refractivity contribution >= 4 is 34.8 Å². The molecule has 0 unspecified atom stereocenters. The van der Waals surface area contributed by atoms with E-state index in [2.05, 4.69) is 0 Å². The Morgan fingerprint density at radius 2 is 2.05 bits per heavy atom. The van der Waals surface area contributed by atoms with Gasteiger partial charge in [-0.1, -0.05) is 18.5 Å². The molecule has 0 amide bonds. The molecule has 2 rings (SSSR count). The molecule has 0 aliphatic heterocycles. The van der Waals surface area contributed by atoms with E-state index in [9.17, 15) is 14.7 Å². The number of carboxylic acid groups (broad SMARTS) is 1. The van der Waals surface area contributed by atoms with E-state index in [-0.39, 0.29) is 12.5 Å². The first-order valence-corrected chi connectivity index (χ1v) is 6.78. The largest absolute Gasteiger partial charge is 0.515 e. The molecule has 0 spiro atoms. The van der Waals surface area contributed by atoms with Gasteiger partial charge in [-0.15, -0.1) is 0 Å². The van der Waals surface area contributed by atoms with Gasteiger partial charge in [-0.2, -0.15) is 0 Å². The SMILES string of the molecule is CCOC(=O)Oc1c(CC)c2cc(Cl)ccc2n1C(=O)O. The predicted molar refractivity (Wildman–Crippen MR) is 77.4 cm³/mol. The average Bonchev–Trinajstić information content (AvgIpc) is 2.71. The van der Waals surface area contributed by atoms with E-state index in [4.69, 9.17) is 21.1 Å². The summed E-state index contributed by atoms with van der Waals surface area (Å²) < 4.78 is 10.7. The molecule has 0 saturated carbocycles. The second-order valence-corrected chi connectivity index (χ2v) is 4.64. The van der Waals surface area contributed by atoms with Crippen molar-refractivity contribution in [3.05, 3.63) is 28.8 Å². The number of fused-ring (bicyclic) bond motifs is 1. The predicted octanol–water partition coefficient (Wildman–Crippen LogP) is 3.92. The molecule has 1 N–H and O–H groups in total. The van der Waals surface area contributed by atoms with Crippen LogP contribution in [0.25, 0.3) is 10.9 Å². The molecular weight excluding hydrogens is 298 g/mol. The van der Waals surface area contributed by atoms with E-state index in [0.29, 0.717) is 27.9 Å². The number of nitrogens with zero attached hydrogens (tertiary/aromatic N) is 1. The van der Waals surface area contributed by atoms with Crippen LogP contribution < -0.4 is 4.74 Å². The van der Waals surface area contributed by atoms with Crippen LogP contribution in [0, 0.1) is 0 Å². The van der Waals surface area contributed by atoms with Gasteiger partial charge in [0.1, 0.15) is 0 Å². The number of hydrogen-bond donors (Lipinski definition) is 1. The molecule has 7 heteroatoms. The maximum atomic E-state index is 11.5. The number of aryl methyl sites for hydroxylation is 1. The van der Waals surface area contributed by atoms with E-state index in [1.807, 2.05) is 6.92 Å². The second-order valence-electron chi connectivity index (χ2n) is 4.20. The van der Waals surface area contributed by atoms with Crippen LogP contribution in [0.15, 0.2) is 18.2 Å². The zero-order chi connectivity index (χ0) is 15.6. The molecule has 112 valence electrons. The highest BCUT2D eigenvalue weighted by molar-refractivity contribution is 6.31. The number of ether oxygens (including phenoxy) is 2. The molecule has 1 aromatic carbocycles. The fourth-order valence-electron chi connectivity index (χ4n) is 2.17. The summed E-state index contributed by atoms with van der Waals surface area (Å²) in [4.78, 5) is 23.0. The molecular formula is C14H14ClNO5. The minimum Gasteiger partial charge on any atom is -0.464 e. The molecule has 21 heavy (non-hydrogen) atoms. The Bertz CT molecular complexity index is 707. The molecule has 0 bridgehead atoms. The molecule has 0 saturated heterocycles. The first-order chi connectivity index (χ1) is 9.99. The van der Waals surface area contributed by atoms with Crippen LogP contribution in [0.2, 0.25) is 5.02 Å². The number of hydrogen-bond acceptors (Lipinski definition) is 4. The van der Waals surface area contributed by atoms with E-state index >= 15 is 0 Å². The Balaban J connectivity index is 2.68. The fourth-order valence-corrected chi connectivity index (χ4v) is 2.34. The smallest absolute Gasteiger partial charge is 0.464 e. The zero-order valence-electron chi connectivity index (χ0n) is 11.6. The monoisotopic (exact) mass is 311 g/mol. The Morgan fingerprint density at radius 1 is 1.33 bits per heavy atom. The molecule has 2 aromatic rings. The van der Waals surface area contributed by atoms with Crippen molar-refractivity contribution in [3.63, 3.8) is 0 Å². The molecule has 0 aliphatic rings. The van der Waals surface area contributed by atoms with Gasteiger partial charge in [-0.25, -0.2) is 14.2 Å². The van der Waals surface area contributed by atoms with E-state index in [1.165, 1.54) is 0 Å². The van der Waals surface area contributed by atoms with E-state index < -0.39 is 12.2 Å². The van der Waals surface area contributed by atoms with Crippen LogP contribution in [0.1, 0.15) is 19.4 Å². The van der Waals surface area contributed by atoms with Crippen molar-refractivity contribution in [1.82, 2.24) is 4.57 Å². The van der Waals surface area contributed by atoms with Crippen LogP contribution in [-0.2, 0) is 11.2 Å². The lowest BCUT2D eigenvalue weighted by Crippen LogP contribution is -2.17. The molecule has 0 atom stereocenters. The van der Waals surface area contributed by atoms with Gasteiger partial charge in [0.05, 0.1) is 12.1 Å². The number of carbonyl (C=O) groups excluding carboxylic acids is 1. The number of aromatic nitrogens is 1. The highest BCUT2D eigenvalue weighted by atomic mass is 35.5. The Labute approximate surface area is 125 Å². The fraction of sp³-hybridized carbons (Fsp3) is 0.286. The van der Waals surface area contributed by atoms with Crippen LogP contribution in [-0.4, -0.2) is 28.5 Å². The molecule has 0 radical (unpaired) electrons. The third kappa shape index (κ3) is 2.80. The number of halogens is 1. The van der Waals surface area contributed by atoms with Gasteiger partial charge < -0.3 is 14.6 Å². The quantitative estimate of drug-likeness (QED) is 0.869. The Kier molecular flexibility index (Phi) is 4.37. The summed E-state index contributed by atoms with van der Waals surface area (Å²) in [6, 6.07) is 4.80. The molecule has 0 aliphatic carbocycles. The summed E-state index contributed by atoms with van der Waals surface area (Å²) >= 11 is 5.96. The van der Waals surface area contributed by atoms with E-state index in [0.717, 1.165) is 4.57 Å². The standard InChI is InChI=1S/C14H14ClNO5/c1-3-9-10-7-8(15)5-6-11(10)16(13(17)18)12(9)21-14(19)20-4-2/h5-7H,3-4H2,1-2H3,(H,17,18). The number of benzene rings is 1. The number of rotatable bonds is 3. The summed E-state index contributed by atoms with van der Waals surface area (Å²) in [6.45, 7) is 3.60. The molecule has 6 nitrogen and oxygen atoms in total. The number of carbonyl (C=O) groups is 2. The van der Waals surface area contributed by atoms with Gasteiger partial charge in [0, 0.05) is 16.0 Å². The van der Waals surface area contributed by atoms with Crippen molar-refractivity contribution in [2.45, 2.75) is 20.3 Å². The average molecular weight is 312 g/mol. The van der Waals surface area contributed by atoms with Gasteiger partial charge in [0.15, 0.2) is 0 Å². The summed E-state index contributed by atoms with van der Waals surface area (Å²) in [5.41, 5.74) is 0.992. The van der Waals surface area contributed by atoms with Crippen molar-refractivity contribution < 1.29 is 24.2 Å². The zero-order valence-corrected chi connectivity index (χ0v) is 12.3. The maximum Gasteiger partial charge on any atom is 0.515 e. The van der Waals surface area contributed by atoms with Crippen LogP contribution >= 0.6 is 11.6 Å². The third-order valence-corrected chi connectivity index (χ3v) is 3.21. The van der Waals surface area contributed by atoms with Crippen LogP contribution in [0.5, 0.6) is 5.88 Å². The highest BCUT2D eigenvalue weighted by Crippen LogP contribution is 2.34. The molecule has 1 heterocycles. The van der Waals surface area contributed by atoms with E-state index in [1.54, 1.807) is 25.1 Å². The lowest BCUT2D eigenvalue weighted by atomic mass is 10.1. The summed E-state index contributed by atoms with van der Waals surface area (Å²) in [5, 5.41) is 10.5. The van der Waals surface area contributed by atoms with Crippen molar-refractivity contribution in [2.24, 2.45) is 0 Å². The summed E-state index contributed by atoms with van der Waals surface area (Å²) in [7, 11) is 0. The Hall–Kier alpha value is -2.21. The summed E-state index contributed by atoms with van der Waals surface area (Å²) in [5.74, 6) is -0.0549. The van der Waals surface area contributed by atoms with Gasteiger partial charge >= 0.3 is 12.2 Å². The second kappa shape index (κ2) is 6.05. The first-order valence-electron chi connectivity index (χ1n) is 6.40. The summed E-state index contributed by atoms with van der Waals surface area (Å²) in [6.07, 6.45) is -1.71. The Morgan fingerprint density at radius 3 is 2.62 bits per heavy atom. The van der Waals surface area contributed by atoms with Crippen molar-refractivity contribution in [3.8, 4) is 5.88 Å². The first kappa shape index (κ1) is 15.2. The molecule has 1 aromatic heterocycles. The van der Waals surface area contributed by atoms with Crippen LogP contribution in [0.3, 0.4) is 0 Å². The van der Waals surface area contributed by atoms with Gasteiger partial charge in [0.25, 0.3) is 0 Å². The van der Waals surface area contributed by atoms with Gasteiger partial charge in [0.2, 0.25) is 5.88 Å². The lowest BCUT2D eigenvalue weighted by molar-refractivity contribution is 0.101. The third-order valence-electron chi connectivity index (χ3n) is 2.97. The van der Waals surface area contributed by atoms with Gasteiger partial charge in [-0.05, 0) is 31.5 Å². The maximum absolute atomic E-state index is 11.5. The molecule has 0 fully saturated rings. The topological polar surface area (TPSA) is 77.8 Å². The minimum atomic E-state index is -1.25. The lowest BCUT2D eigenvalue weighted by Gasteiger charge is -2.07. The normalized spacial score (nSPS) is 10.6. The van der Waals surface area contributed by atoms with Crippen LogP contribution in [0.4, 0.5) is 9.59 Å². The van der Waals surface area contributed by atoms with Crippen molar-refractivity contribution in [2.75, 3.05) is 6.61 Å². The highest BCUT2D eigenvalue weighted by Gasteiger charge is 2.24. The van der Waals surface area contributed by atoms with Crippen molar-refractivity contribution in [1.29, 1.82) is 0 Å².